The minimum Gasteiger partial charge on any atom is -0.467 e. The van der Waals surface area contributed by atoms with Crippen LogP contribution < -0.4 is 4.74 Å². The van der Waals surface area contributed by atoms with E-state index in [1.807, 2.05) is 0 Å². The number of ether oxygens (including phenoxy) is 2. The maximum Gasteiger partial charge on any atom is 0.270 e. The molecule has 110 valence electrons. The van der Waals surface area contributed by atoms with Gasteiger partial charge in [0.15, 0.2) is 6.79 Å². The lowest BCUT2D eigenvalue weighted by Gasteiger charge is -2.22. The molecule has 2 heterocycles. The molecule has 0 atom stereocenters. The molecule has 0 bridgehead atoms. The van der Waals surface area contributed by atoms with Gasteiger partial charge in [-0.25, -0.2) is 0 Å². The Labute approximate surface area is 119 Å². The second-order valence-corrected chi connectivity index (χ2v) is 4.83. The molecule has 2 aliphatic rings. The molecular weight excluding hydrogens is 280 g/mol. The third kappa shape index (κ3) is 2.45. The number of carbonyl (C=O) groups is 2. The number of carbonyl (C=O) groups excluding carboxylic acids is 2. The quantitative estimate of drug-likeness (QED) is 0.470. The van der Waals surface area contributed by atoms with Crippen LogP contribution in [-0.4, -0.2) is 28.4 Å². The van der Waals surface area contributed by atoms with E-state index in [-0.39, 0.29) is 50.3 Å². The van der Waals surface area contributed by atoms with Gasteiger partial charge in [0.05, 0.1) is 18.1 Å². The van der Waals surface area contributed by atoms with E-state index in [0.29, 0.717) is 16.9 Å². The van der Waals surface area contributed by atoms with Crippen LogP contribution in [0.4, 0.5) is 5.69 Å². The van der Waals surface area contributed by atoms with Crippen molar-refractivity contribution in [3.8, 4) is 5.75 Å². The second-order valence-electron chi connectivity index (χ2n) is 4.83. The van der Waals surface area contributed by atoms with Gasteiger partial charge >= 0.3 is 0 Å². The van der Waals surface area contributed by atoms with E-state index in [1.54, 1.807) is 0 Å². The largest absolute Gasteiger partial charge is 0.467 e. The van der Waals surface area contributed by atoms with Gasteiger partial charge in [-0.1, -0.05) is 0 Å². The Morgan fingerprint density at radius 2 is 1.95 bits per heavy atom. The van der Waals surface area contributed by atoms with Crippen LogP contribution in [0, 0.1) is 10.1 Å². The number of non-ortho nitro benzene ring substituents is 1. The summed E-state index contributed by atoms with van der Waals surface area (Å²) in [4.78, 5) is 34.9. The highest BCUT2D eigenvalue weighted by Crippen LogP contribution is 2.34. The highest BCUT2D eigenvalue weighted by atomic mass is 16.7. The van der Waals surface area contributed by atoms with Crippen LogP contribution in [-0.2, 0) is 27.5 Å². The fourth-order valence-corrected chi connectivity index (χ4v) is 2.47. The normalized spacial score (nSPS) is 17.6. The first-order valence-electron chi connectivity index (χ1n) is 6.40. The monoisotopic (exact) mass is 292 g/mol. The Balaban J connectivity index is 2.00. The van der Waals surface area contributed by atoms with Crippen LogP contribution in [0.2, 0.25) is 0 Å². The summed E-state index contributed by atoms with van der Waals surface area (Å²) in [7, 11) is 0. The fraction of sp³-hybridized carbons (Fsp3) is 0.385. The van der Waals surface area contributed by atoms with Crippen LogP contribution in [0.15, 0.2) is 12.1 Å². The highest BCUT2D eigenvalue weighted by molar-refractivity contribution is 6.01. The van der Waals surface area contributed by atoms with Gasteiger partial charge in [-0.3, -0.25) is 24.6 Å². The summed E-state index contributed by atoms with van der Waals surface area (Å²) < 4.78 is 10.5. The zero-order valence-electron chi connectivity index (χ0n) is 11.0. The van der Waals surface area contributed by atoms with Gasteiger partial charge in [-0.05, 0) is 0 Å². The molecule has 8 heteroatoms. The molecule has 1 aromatic rings. The molecular formula is C13H12N2O6. The molecule has 0 aliphatic carbocycles. The number of likely N-dealkylation sites (tertiary alicyclic amines) is 1. The molecule has 2 amide bonds. The third-order valence-electron chi connectivity index (χ3n) is 3.47. The Kier molecular flexibility index (Phi) is 3.30. The molecule has 0 unspecified atom stereocenters. The van der Waals surface area contributed by atoms with Crippen molar-refractivity contribution in [2.75, 3.05) is 6.79 Å². The van der Waals surface area contributed by atoms with Crippen molar-refractivity contribution in [3.63, 3.8) is 0 Å². The van der Waals surface area contributed by atoms with E-state index in [4.69, 9.17) is 9.47 Å². The van der Waals surface area contributed by atoms with E-state index >= 15 is 0 Å². The molecule has 2 aliphatic heterocycles. The summed E-state index contributed by atoms with van der Waals surface area (Å²) in [5.74, 6) is -0.0843. The number of hydrogen-bond donors (Lipinski definition) is 0. The van der Waals surface area contributed by atoms with Crippen LogP contribution in [0.1, 0.15) is 24.0 Å². The van der Waals surface area contributed by atoms with Crippen molar-refractivity contribution < 1.29 is 24.0 Å². The molecule has 3 rings (SSSR count). The lowest BCUT2D eigenvalue weighted by molar-refractivity contribution is -0.385. The molecule has 0 N–H and O–H groups in total. The predicted octanol–water partition coefficient (Wildman–Crippen LogP) is 1.11. The van der Waals surface area contributed by atoms with Crippen LogP contribution in [0.3, 0.4) is 0 Å². The van der Waals surface area contributed by atoms with Crippen molar-refractivity contribution in [1.82, 2.24) is 4.90 Å². The molecule has 0 aromatic heterocycles. The Morgan fingerprint density at radius 1 is 1.24 bits per heavy atom. The Bertz CT molecular complexity index is 626. The first kappa shape index (κ1) is 13.5. The summed E-state index contributed by atoms with van der Waals surface area (Å²) >= 11 is 0. The minimum atomic E-state index is -0.522. The molecule has 1 saturated heterocycles. The summed E-state index contributed by atoms with van der Waals surface area (Å²) in [6.45, 7) is 0.229. The van der Waals surface area contributed by atoms with Crippen molar-refractivity contribution in [2.45, 2.75) is 26.0 Å². The number of fused-ring (bicyclic) bond motifs is 1. The van der Waals surface area contributed by atoms with E-state index in [0.717, 1.165) is 4.90 Å². The average Bonchev–Trinajstić information content (AvgIpc) is 2.79. The number of benzene rings is 1. The van der Waals surface area contributed by atoms with Gasteiger partial charge in [0.2, 0.25) is 11.8 Å². The highest BCUT2D eigenvalue weighted by Gasteiger charge is 2.31. The van der Waals surface area contributed by atoms with E-state index in [9.17, 15) is 19.7 Å². The Hall–Kier alpha value is -2.48. The van der Waals surface area contributed by atoms with E-state index < -0.39 is 4.92 Å². The number of imide groups is 1. The predicted molar refractivity (Wildman–Crippen MR) is 68.2 cm³/mol. The lowest BCUT2D eigenvalue weighted by atomic mass is 10.1. The first-order chi connectivity index (χ1) is 10.1. The van der Waals surface area contributed by atoms with Crippen molar-refractivity contribution in [1.29, 1.82) is 0 Å². The second kappa shape index (κ2) is 5.13. The van der Waals surface area contributed by atoms with Gasteiger partial charge in [-0.2, -0.15) is 0 Å². The summed E-state index contributed by atoms with van der Waals surface area (Å²) in [6.07, 6.45) is 0.361. The molecule has 0 spiro atoms. The zero-order valence-corrected chi connectivity index (χ0v) is 11.0. The zero-order chi connectivity index (χ0) is 15.0. The topological polar surface area (TPSA) is 99.0 Å². The first-order valence-corrected chi connectivity index (χ1v) is 6.40. The van der Waals surface area contributed by atoms with Gasteiger partial charge in [0, 0.05) is 36.1 Å². The fourth-order valence-electron chi connectivity index (χ4n) is 2.47. The van der Waals surface area contributed by atoms with E-state index in [1.165, 1.54) is 12.1 Å². The van der Waals surface area contributed by atoms with Crippen LogP contribution in [0.25, 0.3) is 0 Å². The molecule has 0 radical (unpaired) electrons. The molecule has 1 aromatic carbocycles. The maximum atomic E-state index is 11.7. The number of nitro groups is 1. The maximum absolute atomic E-state index is 11.7. The number of rotatable bonds is 3. The number of amides is 2. The van der Waals surface area contributed by atoms with E-state index in [2.05, 4.69) is 0 Å². The van der Waals surface area contributed by atoms with Crippen molar-refractivity contribution in [3.05, 3.63) is 33.4 Å². The molecule has 1 fully saturated rings. The van der Waals surface area contributed by atoms with Crippen LogP contribution >= 0.6 is 0 Å². The lowest BCUT2D eigenvalue weighted by Crippen LogP contribution is -2.29. The third-order valence-corrected chi connectivity index (χ3v) is 3.47. The number of nitro benzene ring substituents is 1. The minimum absolute atomic E-state index is 0.0122. The van der Waals surface area contributed by atoms with Gasteiger partial charge in [-0.15, -0.1) is 0 Å². The smallest absolute Gasteiger partial charge is 0.270 e. The van der Waals surface area contributed by atoms with Gasteiger partial charge in [0.1, 0.15) is 5.75 Å². The standard InChI is InChI=1S/C13H12N2O6/c16-11-1-2-12(17)14(11)5-8-3-10(15(18)19)4-9-6-20-7-21-13(8)9/h3-4H,1-2,5-7H2. The van der Waals surface area contributed by atoms with Crippen molar-refractivity contribution >= 4 is 17.5 Å². The molecule has 8 nitrogen and oxygen atoms in total. The summed E-state index contributed by atoms with van der Waals surface area (Å²) in [5, 5.41) is 11.0. The van der Waals surface area contributed by atoms with Crippen LogP contribution in [0.5, 0.6) is 5.75 Å². The average molecular weight is 292 g/mol. The summed E-state index contributed by atoms with van der Waals surface area (Å²) in [6, 6.07) is 2.72. The molecule has 0 saturated carbocycles. The van der Waals surface area contributed by atoms with Crippen molar-refractivity contribution in [2.24, 2.45) is 0 Å². The van der Waals surface area contributed by atoms with Gasteiger partial charge in [0.25, 0.3) is 5.69 Å². The Morgan fingerprint density at radius 3 is 2.62 bits per heavy atom. The SMILES string of the molecule is O=C1CCC(=O)N1Cc1cc([N+](=O)[O-])cc2c1OCOC2. The number of nitrogens with zero attached hydrogens (tertiary/aromatic N) is 2. The number of hydrogen-bond acceptors (Lipinski definition) is 6. The summed E-state index contributed by atoms with van der Waals surface area (Å²) in [5.41, 5.74) is 0.882. The van der Waals surface area contributed by atoms with Gasteiger partial charge < -0.3 is 9.47 Å². The molecule has 21 heavy (non-hydrogen) atoms.